The van der Waals surface area contributed by atoms with Crippen molar-refractivity contribution in [3.63, 3.8) is 0 Å². The van der Waals surface area contributed by atoms with Crippen molar-refractivity contribution in [2.75, 3.05) is 11.9 Å². The zero-order valence-electron chi connectivity index (χ0n) is 6.46. The first-order valence-corrected chi connectivity index (χ1v) is 3.69. The topological polar surface area (TPSA) is 57.8 Å². The van der Waals surface area contributed by atoms with Gasteiger partial charge in [-0.05, 0) is 12.8 Å². The lowest BCUT2D eigenvalue weighted by Gasteiger charge is -2.14. The van der Waals surface area contributed by atoms with Crippen molar-refractivity contribution < 1.29 is 0 Å². The highest BCUT2D eigenvalue weighted by atomic mass is 35.5. The molecule has 0 aromatic carbocycles. The van der Waals surface area contributed by atoms with Crippen molar-refractivity contribution in [2.45, 2.75) is 12.8 Å². The first-order chi connectivity index (χ1) is 5.36. The van der Waals surface area contributed by atoms with E-state index in [0.29, 0.717) is 0 Å². The van der Waals surface area contributed by atoms with Gasteiger partial charge in [0.2, 0.25) is 0 Å². The average molecular weight is 188 g/mol. The Morgan fingerprint density at radius 3 is 3.17 bits per heavy atom. The molecule has 2 heterocycles. The lowest BCUT2D eigenvalue weighted by Crippen LogP contribution is -2.18. The summed E-state index contributed by atoms with van der Waals surface area (Å²) in [6.07, 6.45) is 2.05. The fraction of sp³-hybridized carbons (Fsp3) is 0.429. The van der Waals surface area contributed by atoms with Crippen LogP contribution >= 0.6 is 12.4 Å². The Labute approximate surface area is 75.8 Å². The molecule has 66 valence electrons. The van der Waals surface area contributed by atoms with Gasteiger partial charge in [0.05, 0.1) is 11.4 Å². The van der Waals surface area contributed by atoms with E-state index in [1.807, 2.05) is 0 Å². The highest BCUT2D eigenvalue weighted by molar-refractivity contribution is 5.85. The van der Waals surface area contributed by atoms with Crippen LogP contribution in [-0.4, -0.2) is 16.7 Å². The Hall–Kier alpha value is -1.03. The van der Waals surface area contributed by atoms with Gasteiger partial charge in [-0.25, -0.2) is 5.10 Å². The number of anilines is 1. The van der Waals surface area contributed by atoms with Crippen LogP contribution in [0.5, 0.6) is 0 Å². The van der Waals surface area contributed by atoms with Crippen molar-refractivity contribution in [2.24, 2.45) is 0 Å². The molecule has 0 radical (unpaired) electrons. The molecule has 0 aliphatic carbocycles. The van der Waals surface area contributed by atoms with Gasteiger partial charge in [0, 0.05) is 12.6 Å². The molecule has 12 heavy (non-hydrogen) atoms. The van der Waals surface area contributed by atoms with Crippen LogP contribution in [0.3, 0.4) is 0 Å². The van der Waals surface area contributed by atoms with Gasteiger partial charge in [0.1, 0.15) is 0 Å². The van der Waals surface area contributed by atoms with Gasteiger partial charge < -0.3 is 5.32 Å². The molecular weight excluding hydrogens is 178 g/mol. The Kier molecular flexibility index (Phi) is 2.70. The number of nitrogens with zero attached hydrogens (tertiary/aromatic N) is 1. The molecule has 5 heteroatoms. The second-order valence-electron chi connectivity index (χ2n) is 2.62. The Morgan fingerprint density at radius 2 is 2.33 bits per heavy atom. The van der Waals surface area contributed by atoms with Gasteiger partial charge in [-0.3, -0.25) is 4.79 Å². The van der Waals surface area contributed by atoms with Gasteiger partial charge in [0.15, 0.2) is 0 Å². The second-order valence-corrected chi connectivity index (χ2v) is 2.62. The standard InChI is InChI=1S/C7H9N3O.ClH/c11-7-4-6-5(9-10-7)2-1-3-8-6;/h4,8H,1-3H2,(H,10,11);1H. The number of aromatic nitrogens is 2. The van der Waals surface area contributed by atoms with Gasteiger partial charge in [-0.15, -0.1) is 12.4 Å². The predicted molar refractivity (Wildman–Crippen MR) is 48.9 cm³/mol. The van der Waals surface area contributed by atoms with Crippen molar-refractivity contribution in [3.8, 4) is 0 Å². The number of nitrogens with one attached hydrogen (secondary N) is 2. The van der Waals surface area contributed by atoms with Crippen molar-refractivity contribution in [1.82, 2.24) is 10.2 Å². The third kappa shape index (κ3) is 1.58. The van der Waals surface area contributed by atoms with E-state index >= 15 is 0 Å². The summed E-state index contributed by atoms with van der Waals surface area (Å²) in [5.74, 6) is 0. The maximum Gasteiger partial charge on any atom is 0.266 e. The molecule has 1 aromatic rings. The number of rotatable bonds is 0. The van der Waals surface area contributed by atoms with Crippen LogP contribution in [0.1, 0.15) is 12.1 Å². The fourth-order valence-electron chi connectivity index (χ4n) is 1.25. The first-order valence-electron chi connectivity index (χ1n) is 3.69. The number of halogens is 1. The smallest absolute Gasteiger partial charge is 0.266 e. The number of aromatic amines is 1. The van der Waals surface area contributed by atoms with Gasteiger partial charge in [-0.2, -0.15) is 5.10 Å². The maximum absolute atomic E-state index is 10.8. The van der Waals surface area contributed by atoms with Crippen LogP contribution in [0.2, 0.25) is 0 Å². The van der Waals surface area contributed by atoms with Crippen molar-refractivity contribution >= 4 is 18.1 Å². The predicted octanol–water partition coefficient (Wildman–Crippen LogP) is 0.550. The summed E-state index contributed by atoms with van der Waals surface area (Å²) in [5.41, 5.74) is 1.72. The number of hydrogen-bond donors (Lipinski definition) is 2. The normalized spacial score (nSPS) is 14.0. The molecule has 1 aromatic heterocycles. The summed E-state index contributed by atoms with van der Waals surface area (Å²) in [7, 11) is 0. The monoisotopic (exact) mass is 187 g/mol. The van der Waals surface area contributed by atoms with Crippen LogP contribution < -0.4 is 10.9 Å². The SMILES string of the molecule is Cl.O=c1cc2c(n[nH]1)CCCN2. The van der Waals surface area contributed by atoms with E-state index in [1.165, 1.54) is 0 Å². The van der Waals surface area contributed by atoms with Crippen molar-refractivity contribution in [1.29, 1.82) is 0 Å². The molecule has 0 amide bonds. The van der Waals surface area contributed by atoms with Crippen LogP contribution in [0.4, 0.5) is 5.69 Å². The molecule has 0 fully saturated rings. The molecule has 4 nitrogen and oxygen atoms in total. The Balaban J connectivity index is 0.000000720. The Morgan fingerprint density at radius 1 is 1.50 bits per heavy atom. The van der Waals surface area contributed by atoms with E-state index in [1.54, 1.807) is 6.07 Å². The zero-order valence-corrected chi connectivity index (χ0v) is 7.28. The summed E-state index contributed by atoms with van der Waals surface area (Å²) in [4.78, 5) is 10.8. The molecule has 2 rings (SSSR count). The minimum Gasteiger partial charge on any atom is -0.383 e. The van der Waals surface area contributed by atoms with Crippen LogP contribution in [0.25, 0.3) is 0 Å². The van der Waals surface area contributed by atoms with E-state index in [-0.39, 0.29) is 18.0 Å². The first kappa shape index (κ1) is 9.06. The molecule has 0 unspecified atom stereocenters. The maximum atomic E-state index is 10.8. The summed E-state index contributed by atoms with van der Waals surface area (Å²) in [6.45, 7) is 0.943. The number of H-pyrrole nitrogens is 1. The minimum atomic E-state index is -0.141. The van der Waals surface area contributed by atoms with E-state index in [2.05, 4.69) is 15.5 Å². The average Bonchev–Trinajstić information content (AvgIpc) is 2.04. The summed E-state index contributed by atoms with van der Waals surface area (Å²) in [6, 6.07) is 1.56. The minimum absolute atomic E-state index is 0. The quantitative estimate of drug-likeness (QED) is 0.624. The molecule has 0 saturated heterocycles. The molecule has 1 aliphatic rings. The van der Waals surface area contributed by atoms with Crippen molar-refractivity contribution in [3.05, 3.63) is 22.1 Å². The highest BCUT2D eigenvalue weighted by Gasteiger charge is 2.08. The highest BCUT2D eigenvalue weighted by Crippen LogP contribution is 2.15. The molecule has 2 N–H and O–H groups in total. The lowest BCUT2D eigenvalue weighted by molar-refractivity contribution is 0.768. The zero-order chi connectivity index (χ0) is 7.68. The number of fused-ring (bicyclic) bond motifs is 1. The van der Waals surface area contributed by atoms with Gasteiger partial charge >= 0.3 is 0 Å². The van der Waals surface area contributed by atoms with Gasteiger partial charge in [0.25, 0.3) is 5.56 Å². The van der Waals surface area contributed by atoms with Crippen LogP contribution in [0.15, 0.2) is 10.9 Å². The summed E-state index contributed by atoms with van der Waals surface area (Å²) in [5, 5.41) is 9.45. The number of hydrogen-bond acceptors (Lipinski definition) is 3. The molecule has 1 aliphatic heterocycles. The van der Waals surface area contributed by atoms with E-state index in [4.69, 9.17) is 0 Å². The van der Waals surface area contributed by atoms with Gasteiger partial charge in [-0.1, -0.05) is 0 Å². The third-order valence-corrected chi connectivity index (χ3v) is 1.79. The molecule has 0 bridgehead atoms. The van der Waals surface area contributed by atoms with Crippen LogP contribution in [-0.2, 0) is 6.42 Å². The summed E-state index contributed by atoms with van der Waals surface area (Å²) >= 11 is 0. The molecular formula is C7H10ClN3O. The number of aryl methyl sites for hydroxylation is 1. The summed E-state index contributed by atoms with van der Waals surface area (Å²) < 4.78 is 0. The van der Waals surface area contributed by atoms with E-state index in [0.717, 1.165) is 30.8 Å². The largest absolute Gasteiger partial charge is 0.383 e. The van der Waals surface area contributed by atoms with E-state index in [9.17, 15) is 4.79 Å². The molecule has 0 atom stereocenters. The van der Waals surface area contributed by atoms with E-state index < -0.39 is 0 Å². The molecule has 0 spiro atoms. The lowest BCUT2D eigenvalue weighted by atomic mass is 10.1. The second kappa shape index (κ2) is 3.58. The molecule has 0 saturated carbocycles. The Bertz CT molecular complexity index is 323. The fourth-order valence-corrected chi connectivity index (χ4v) is 1.25. The third-order valence-electron chi connectivity index (χ3n) is 1.79. The van der Waals surface area contributed by atoms with Crippen LogP contribution in [0, 0.1) is 0 Å².